The summed E-state index contributed by atoms with van der Waals surface area (Å²) in [6.07, 6.45) is -1.14. The number of aromatic nitrogens is 3. The number of rotatable bonds is 8. The number of Topliss-reactive ketones (excluding diaryl/α,β-unsaturated/α-hetero) is 6. The van der Waals surface area contributed by atoms with Crippen molar-refractivity contribution in [3.63, 3.8) is 0 Å². The zero-order valence-corrected chi connectivity index (χ0v) is 39.8. The van der Waals surface area contributed by atoms with E-state index in [0.717, 1.165) is 0 Å². The van der Waals surface area contributed by atoms with Crippen molar-refractivity contribution in [3.05, 3.63) is 174 Å². The number of halogens is 1. The first-order valence-corrected chi connectivity index (χ1v) is 16.7. The first kappa shape index (κ1) is 28.2. The van der Waals surface area contributed by atoms with Crippen LogP contribution in [0.1, 0.15) is 96.4 Å². The predicted molar refractivity (Wildman–Crippen MR) is 233 cm³/mol. The summed E-state index contributed by atoms with van der Waals surface area (Å²) >= 11 is 2.91. The van der Waals surface area contributed by atoms with Crippen molar-refractivity contribution >= 4 is 50.6 Å². The molecule has 0 fully saturated rings. The number of nitrogens with zero attached hydrogens (tertiary/aromatic N) is 3. The van der Waals surface area contributed by atoms with Gasteiger partial charge in [-0.15, -0.1) is 35.8 Å². The molecule has 6 rings (SSSR count). The van der Waals surface area contributed by atoms with Crippen LogP contribution in [0.5, 0.6) is 0 Å². The molecule has 3 aromatic heterocycles. The molecule has 6 aromatic rings. The minimum Gasteiger partial charge on any atom is -0.305 e. The zero-order valence-electron chi connectivity index (χ0n) is 59.5. The Morgan fingerprint density at radius 2 is 0.836 bits per heavy atom. The van der Waals surface area contributed by atoms with Gasteiger partial charge in [0.25, 0.3) is 0 Å². The summed E-state index contributed by atoms with van der Waals surface area (Å²) in [4.78, 5) is 71.0. The molecule has 2 radical (unpaired) electrons. The summed E-state index contributed by atoms with van der Waals surface area (Å²) in [6, 6.07) is -5.63. The van der Waals surface area contributed by atoms with E-state index >= 15 is 0 Å². The maximum atomic E-state index is 10.0. The standard InChI is InChI=1S/C11H9N.C11H8N.C6H5.C5H4BrN.3C5H8O2.2Ir.Li/c2*1-2-6-10(7-3-1)11-8-4-5-9-12-11;1-2-4-6-5-3-1;6-5-3-1-2-4-7-5;3*1-4(6)3-5(2)7;;;/h1-9H;1-6,8-9H;1-5H;1-4H;3*3H2,1-2H3;;;/q;2*-1;;;;;;;+1/i1D,2D,3D,4D,5D,6D,7D,8D,9D;1D,2D,3D,4D,5D,6D,8D,9D;1D,2D,3D,4D,5D;1D,2D,3D,4D;;;;;;. The minimum atomic E-state index is -0.585. The molecule has 3 aromatic carbocycles. The Bertz CT molecular complexity index is 3240. The van der Waals surface area contributed by atoms with Crippen molar-refractivity contribution < 1.29 is 123 Å². The Morgan fingerprint density at radius 1 is 0.475 bits per heavy atom. The molecule has 0 spiro atoms. The predicted octanol–water partition coefficient (Wildman–Crippen LogP) is 7.29. The largest absolute Gasteiger partial charge is 1.00 e. The van der Waals surface area contributed by atoms with E-state index in [0.29, 0.717) is 0 Å². The van der Waals surface area contributed by atoms with Crippen LogP contribution in [-0.2, 0) is 69.0 Å². The number of hydrogen-bond donors (Lipinski definition) is 0. The van der Waals surface area contributed by atoms with Gasteiger partial charge in [0.2, 0.25) is 0 Å². The molecule has 0 saturated carbocycles. The summed E-state index contributed by atoms with van der Waals surface area (Å²) < 4.78 is 193. The molecule has 13 heteroatoms. The van der Waals surface area contributed by atoms with Gasteiger partial charge in [-0.25, -0.2) is 4.98 Å². The summed E-state index contributed by atoms with van der Waals surface area (Å²) in [5, 5.41) is 0. The van der Waals surface area contributed by atoms with Crippen molar-refractivity contribution in [2.24, 2.45) is 0 Å². The second kappa shape index (κ2) is 42.2. The first-order chi connectivity index (χ1) is 38.4. The van der Waals surface area contributed by atoms with Gasteiger partial charge in [-0.05, 0) is 98.9 Å². The molecule has 9 nitrogen and oxygen atoms in total. The fourth-order valence-corrected chi connectivity index (χ4v) is 3.08. The number of pyridine rings is 3. The maximum Gasteiger partial charge on any atom is 1.00 e. The average Bonchev–Trinajstić information content (AvgIpc) is 2.20. The topological polar surface area (TPSA) is 141 Å². The van der Waals surface area contributed by atoms with Crippen molar-refractivity contribution in [2.75, 3.05) is 0 Å². The van der Waals surface area contributed by atoms with Gasteiger partial charge < -0.3 is 4.98 Å². The van der Waals surface area contributed by atoms with E-state index in [1.54, 1.807) is 0 Å². The molecule has 0 aliphatic rings. The van der Waals surface area contributed by atoms with Crippen molar-refractivity contribution in [2.45, 2.75) is 60.8 Å². The molecule has 0 amide bonds. The van der Waals surface area contributed by atoms with Gasteiger partial charge in [-0.3, -0.25) is 33.8 Å². The van der Waals surface area contributed by atoms with Gasteiger partial charge in [0, 0.05) is 71.1 Å². The molecule has 0 aliphatic heterocycles. The number of benzene rings is 3. The SMILES string of the molecule is CC(=O)CC(C)=O.CC(=O)CC(C)=O.CC(=O)CC(C)=O.[2H]c1[c-]c(-c2nc([2H])c([2H])c([2H])c2[2H])c([2H])c([2H])c1[2H].[2H]c1[c-]c([2H])c([2H])c([2H])c1[2H].[2H]c1nc(-c2c([2H])c([2H])c([2H])c([2H])c2[2H])c([2H])c([2H])c1[2H].[2H]c1nc(Br)c([2H])c([2H])c1[2H].[Ir].[Ir].[Li+]. The van der Waals surface area contributed by atoms with Crippen LogP contribution in [0.4, 0.5) is 0 Å². The van der Waals surface area contributed by atoms with E-state index in [4.69, 9.17) is 35.6 Å². The monoisotopic (exact) mass is 1260 g/mol. The molecular weight excluding hydrogens is 1190 g/mol. The molecule has 0 saturated heterocycles. The Balaban J connectivity index is -0.000000482. The minimum absolute atomic E-state index is 0. The van der Waals surface area contributed by atoms with Crippen molar-refractivity contribution in [1.82, 2.24) is 15.0 Å². The van der Waals surface area contributed by atoms with Crippen LogP contribution in [0.2, 0.25) is 0 Å². The van der Waals surface area contributed by atoms with Crippen LogP contribution in [0.3, 0.4) is 0 Å². The Labute approximate surface area is 445 Å². The van der Waals surface area contributed by atoms with Crippen LogP contribution in [-0.4, -0.2) is 49.7 Å². The molecule has 320 valence electrons. The molecule has 3 heterocycles. The first-order valence-electron chi connectivity index (χ1n) is 28.9. The van der Waals surface area contributed by atoms with Crippen molar-refractivity contribution in [3.8, 4) is 22.5 Å². The van der Waals surface area contributed by atoms with E-state index in [-0.39, 0.29) is 195 Å². The maximum absolute atomic E-state index is 10.0. The average molecular weight is 1260 g/mol. The summed E-state index contributed by atoms with van der Waals surface area (Å²) in [5.41, 5.74) is -1.13. The molecular formula is C48H50BrIr2LiN3O6-. The Hall–Kier alpha value is -4.49. The molecule has 0 unspecified atom stereocenters. The Kier molecular flexibility index (Phi) is 19.5. The molecule has 0 N–H and O–H groups in total. The third-order valence-electron chi connectivity index (χ3n) is 4.71. The molecule has 0 aliphatic carbocycles. The van der Waals surface area contributed by atoms with Gasteiger partial charge in [0.1, 0.15) is 39.3 Å². The van der Waals surface area contributed by atoms with Gasteiger partial charge in [-0.2, -0.15) is 36.3 Å². The van der Waals surface area contributed by atoms with Gasteiger partial charge >= 0.3 is 18.9 Å². The van der Waals surface area contributed by atoms with E-state index in [1.165, 1.54) is 41.5 Å². The summed E-state index contributed by atoms with van der Waals surface area (Å²) in [7, 11) is 0. The fraction of sp³-hybridized carbons (Fsp3) is 0.188. The normalized spacial score (nSPS) is 14.4. The quantitative estimate of drug-likeness (QED) is 0.0666. The van der Waals surface area contributed by atoms with E-state index in [9.17, 15) is 28.8 Å². The number of ketones is 6. The number of hydrogen-bond acceptors (Lipinski definition) is 9. The summed E-state index contributed by atoms with van der Waals surface area (Å²) in [5.74, 6) is -0.375. The van der Waals surface area contributed by atoms with Crippen LogP contribution in [0.15, 0.2) is 162 Å². The van der Waals surface area contributed by atoms with Gasteiger partial charge in [-0.1, -0.05) is 54.4 Å². The fourth-order valence-electron chi connectivity index (χ4n) is 2.89. The number of carbonyl (C=O) groups is 6. The number of carbonyl (C=O) groups excluding carboxylic acids is 6. The third-order valence-corrected chi connectivity index (χ3v) is 5.09. The Morgan fingerprint density at radius 3 is 1.30 bits per heavy atom. The van der Waals surface area contributed by atoms with Crippen LogP contribution in [0.25, 0.3) is 22.5 Å². The van der Waals surface area contributed by atoms with E-state index in [1.807, 2.05) is 0 Å². The van der Waals surface area contributed by atoms with E-state index in [2.05, 4.69) is 43.0 Å². The van der Waals surface area contributed by atoms with Crippen LogP contribution in [0, 0.1) is 12.1 Å². The second-order valence-electron chi connectivity index (χ2n) is 10.3. The van der Waals surface area contributed by atoms with Crippen LogP contribution >= 0.6 is 15.9 Å². The van der Waals surface area contributed by atoms with Gasteiger partial charge in [0.05, 0.1) is 48.3 Å². The summed E-state index contributed by atoms with van der Waals surface area (Å²) in [6.45, 7) is 8.42. The smallest absolute Gasteiger partial charge is 0.305 e. The zero-order chi connectivity index (χ0) is 66.0. The molecule has 61 heavy (non-hydrogen) atoms. The molecule has 0 bridgehead atoms. The molecule has 0 atom stereocenters. The van der Waals surface area contributed by atoms with Gasteiger partial charge in [0.15, 0.2) is 0 Å². The van der Waals surface area contributed by atoms with Crippen molar-refractivity contribution in [1.29, 1.82) is 0 Å². The van der Waals surface area contributed by atoms with E-state index < -0.39 is 103 Å². The third kappa shape index (κ3) is 42.0. The van der Waals surface area contributed by atoms with Crippen LogP contribution < -0.4 is 18.9 Å². The second-order valence-corrected chi connectivity index (χ2v) is 11.0.